The number of aliphatic hydroxyl groups excluding tert-OH is 1. The van der Waals surface area contributed by atoms with Crippen LogP contribution in [0.3, 0.4) is 0 Å². The molecule has 1 saturated heterocycles. The van der Waals surface area contributed by atoms with Crippen molar-refractivity contribution in [2.75, 3.05) is 39.3 Å². The van der Waals surface area contributed by atoms with Crippen LogP contribution in [-0.4, -0.2) is 66.4 Å². The van der Waals surface area contributed by atoms with E-state index in [1.54, 1.807) is 18.2 Å². The Morgan fingerprint density at radius 2 is 1.87 bits per heavy atom. The van der Waals surface area contributed by atoms with Crippen LogP contribution in [0.1, 0.15) is 19.3 Å². The predicted molar refractivity (Wildman–Crippen MR) is 93.6 cm³/mol. The SMILES string of the molecule is O[C@H](COc1c(Cl)cccc1Cl)CN1CCCN(C2CC2)CC1. The van der Waals surface area contributed by atoms with Crippen LogP contribution in [0.15, 0.2) is 18.2 Å². The van der Waals surface area contributed by atoms with E-state index >= 15 is 0 Å². The lowest BCUT2D eigenvalue weighted by Gasteiger charge is -2.24. The fraction of sp³-hybridized carbons (Fsp3) is 0.647. The number of β-amino-alcohol motifs (C(OH)–C–C–N with tert-alkyl or cyclic N) is 1. The fourth-order valence-corrected chi connectivity index (χ4v) is 3.64. The zero-order chi connectivity index (χ0) is 16.2. The molecule has 4 nitrogen and oxygen atoms in total. The molecule has 1 atom stereocenters. The second-order valence-corrected chi connectivity index (χ2v) is 7.25. The number of ether oxygens (including phenoxy) is 1. The predicted octanol–water partition coefficient (Wildman–Crippen LogP) is 2.90. The highest BCUT2D eigenvalue weighted by Crippen LogP contribution is 2.32. The third kappa shape index (κ3) is 4.97. The van der Waals surface area contributed by atoms with Gasteiger partial charge in [-0.25, -0.2) is 0 Å². The second-order valence-electron chi connectivity index (χ2n) is 6.44. The number of hydrogen-bond acceptors (Lipinski definition) is 4. The second kappa shape index (κ2) is 8.04. The van der Waals surface area contributed by atoms with Crippen molar-refractivity contribution in [1.29, 1.82) is 0 Å². The zero-order valence-electron chi connectivity index (χ0n) is 13.3. The Balaban J connectivity index is 1.44. The molecule has 0 radical (unpaired) electrons. The third-order valence-corrected chi connectivity index (χ3v) is 5.09. The highest BCUT2D eigenvalue weighted by atomic mass is 35.5. The minimum atomic E-state index is -0.546. The molecule has 3 rings (SSSR count). The zero-order valence-corrected chi connectivity index (χ0v) is 14.8. The first-order chi connectivity index (χ1) is 11.1. The van der Waals surface area contributed by atoms with Gasteiger partial charge in [-0.2, -0.15) is 0 Å². The highest BCUT2D eigenvalue weighted by Gasteiger charge is 2.30. The van der Waals surface area contributed by atoms with E-state index in [1.807, 2.05) is 0 Å². The van der Waals surface area contributed by atoms with Gasteiger partial charge in [-0.15, -0.1) is 0 Å². The summed E-state index contributed by atoms with van der Waals surface area (Å²) >= 11 is 12.1. The van der Waals surface area contributed by atoms with Crippen LogP contribution in [0.2, 0.25) is 10.0 Å². The quantitative estimate of drug-likeness (QED) is 0.847. The molecule has 1 aliphatic heterocycles. The molecule has 2 fully saturated rings. The molecular weight excluding hydrogens is 335 g/mol. The fourth-order valence-electron chi connectivity index (χ4n) is 3.13. The lowest BCUT2D eigenvalue weighted by Crippen LogP contribution is -2.38. The van der Waals surface area contributed by atoms with Crippen LogP contribution in [0.25, 0.3) is 0 Å². The molecule has 1 heterocycles. The molecule has 0 bridgehead atoms. The molecule has 1 aromatic carbocycles. The highest BCUT2D eigenvalue weighted by molar-refractivity contribution is 6.37. The maximum Gasteiger partial charge on any atom is 0.156 e. The molecule has 1 saturated carbocycles. The Labute approximate surface area is 147 Å². The molecular formula is C17H24Cl2N2O2. The van der Waals surface area contributed by atoms with Crippen LogP contribution >= 0.6 is 23.2 Å². The summed E-state index contributed by atoms with van der Waals surface area (Å²) in [6.07, 6.45) is 3.33. The van der Waals surface area contributed by atoms with E-state index in [0.29, 0.717) is 22.3 Å². The van der Waals surface area contributed by atoms with Crippen LogP contribution in [0.5, 0.6) is 5.75 Å². The summed E-state index contributed by atoms with van der Waals surface area (Å²) in [7, 11) is 0. The summed E-state index contributed by atoms with van der Waals surface area (Å²) in [5, 5.41) is 11.2. The van der Waals surface area contributed by atoms with E-state index in [9.17, 15) is 5.11 Å². The summed E-state index contributed by atoms with van der Waals surface area (Å²) in [4.78, 5) is 4.91. The van der Waals surface area contributed by atoms with E-state index in [-0.39, 0.29) is 6.61 Å². The van der Waals surface area contributed by atoms with Crippen LogP contribution < -0.4 is 4.74 Å². The minimum absolute atomic E-state index is 0.201. The maximum absolute atomic E-state index is 10.3. The van der Waals surface area contributed by atoms with Gasteiger partial charge in [0.05, 0.1) is 10.0 Å². The first-order valence-corrected chi connectivity index (χ1v) is 9.10. The van der Waals surface area contributed by atoms with Gasteiger partial charge in [0.25, 0.3) is 0 Å². The number of rotatable bonds is 6. The summed E-state index contributed by atoms with van der Waals surface area (Å²) in [6, 6.07) is 6.06. The smallest absolute Gasteiger partial charge is 0.156 e. The Morgan fingerprint density at radius 1 is 1.13 bits per heavy atom. The molecule has 23 heavy (non-hydrogen) atoms. The van der Waals surface area contributed by atoms with Crippen LogP contribution in [0.4, 0.5) is 0 Å². The summed E-state index contributed by atoms with van der Waals surface area (Å²) in [5.74, 6) is 0.450. The Bertz CT molecular complexity index is 505. The minimum Gasteiger partial charge on any atom is -0.488 e. The van der Waals surface area contributed by atoms with E-state index in [0.717, 1.165) is 25.7 Å². The van der Waals surface area contributed by atoms with Crippen molar-refractivity contribution in [2.45, 2.75) is 31.4 Å². The third-order valence-electron chi connectivity index (χ3n) is 4.49. The van der Waals surface area contributed by atoms with Crippen molar-refractivity contribution < 1.29 is 9.84 Å². The van der Waals surface area contributed by atoms with Gasteiger partial charge in [0.1, 0.15) is 12.7 Å². The molecule has 0 amide bonds. The van der Waals surface area contributed by atoms with Crippen molar-refractivity contribution in [3.63, 3.8) is 0 Å². The molecule has 1 aliphatic carbocycles. The van der Waals surface area contributed by atoms with Crippen LogP contribution in [-0.2, 0) is 0 Å². The number of halogens is 2. The number of hydrogen-bond donors (Lipinski definition) is 1. The standard InChI is InChI=1S/C17H24Cl2N2O2/c18-15-3-1-4-16(19)17(15)23-12-14(22)11-20-7-2-8-21(10-9-20)13-5-6-13/h1,3-4,13-14,22H,2,5-12H2/t14-/m0/s1. The van der Waals surface area contributed by atoms with Gasteiger partial charge in [0, 0.05) is 25.7 Å². The van der Waals surface area contributed by atoms with Gasteiger partial charge in [0.2, 0.25) is 0 Å². The molecule has 0 spiro atoms. The normalized spacial score (nSPS) is 21.9. The molecule has 0 unspecified atom stereocenters. The van der Waals surface area contributed by atoms with Gasteiger partial charge in [0.15, 0.2) is 5.75 Å². The van der Waals surface area contributed by atoms with Gasteiger partial charge >= 0.3 is 0 Å². The number of benzene rings is 1. The van der Waals surface area contributed by atoms with Crippen molar-refractivity contribution in [1.82, 2.24) is 9.80 Å². The molecule has 1 N–H and O–H groups in total. The number of para-hydroxylation sites is 1. The average molecular weight is 359 g/mol. The molecule has 128 valence electrons. The van der Waals surface area contributed by atoms with Gasteiger partial charge in [-0.05, 0) is 44.5 Å². The number of aliphatic hydroxyl groups is 1. The first kappa shape index (κ1) is 17.3. The lowest BCUT2D eigenvalue weighted by molar-refractivity contribution is 0.0693. The van der Waals surface area contributed by atoms with Crippen molar-refractivity contribution in [2.24, 2.45) is 0 Å². The van der Waals surface area contributed by atoms with Crippen molar-refractivity contribution in [3.8, 4) is 5.75 Å². The molecule has 2 aliphatic rings. The largest absolute Gasteiger partial charge is 0.488 e. The Kier molecular flexibility index (Phi) is 6.05. The van der Waals surface area contributed by atoms with E-state index in [1.165, 1.54) is 25.8 Å². The number of nitrogens with zero attached hydrogens (tertiary/aromatic N) is 2. The Morgan fingerprint density at radius 3 is 2.57 bits per heavy atom. The van der Waals surface area contributed by atoms with Gasteiger partial charge in [-0.3, -0.25) is 9.80 Å². The molecule has 0 aromatic heterocycles. The summed E-state index contributed by atoms with van der Waals surface area (Å²) in [5.41, 5.74) is 0. The topological polar surface area (TPSA) is 35.9 Å². The van der Waals surface area contributed by atoms with E-state index in [2.05, 4.69) is 9.80 Å². The van der Waals surface area contributed by atoms with E-state index < -0.39 is 6.10 Å². The summed E-state index contributed by atoms with van der Waals surface area (Å²) < 4.78 is 5.62. The summed E-state index contributed by atoms with van der Waals surface area (Å²) in [6.45, 7) is 5.16. The molecule has 1 aromatic rings. The van der Waals surface area contributed by atoms with Crippen molar-refractivity contribution >= 4 is 23.2 Å². The monoisotopic (exact) mass is 358 g/mol. The van der Waals surface area contributed by atoms with Crippen molar-refractivity contribution in [3.05, 3.63) is 28.2 Å². The average Bonchev–Trinajstić information content (AvgIpc) is 3.33. The lowest BCUT2D eigenvalue weighted by atomic mass is 10.3. The van der Waals surface area contributed by atoms with Crippen LogP contribution in [0, 0.1) is 0 Å². The Hall–Kier alpha value is -0.520. The maximum atomic E-state index is 10.3. The molecule has 6 heteroatoms. The van der Waals surface area contributed by atoms with Gasteiger partial charge in [-0.1, -0.05) is 29.3 Å². The first-order valence-electron chi connectivity index (χ1n) is 8.35. The van der Waals surface area contributed by atoms with Gasteiger partial charge < -0.3 is 9.84 Å². The van der Waals surface area contributed by atoms with E-state index in [4.69, 9.17) is 27.9 Å².